The molecule has 0 radical (unpaired) electrons. The number of anilines is 1. The number of phenolic OH excluding ortho intramolecular Hbond substituents is 1. The van der Waals surface area contributed by atoms with Crippen LogP contribution in [0.1, 0.15) is 12.6 Å². The molecule has 1 aromatic heterocycles. The Morgan fingerprint density at radius 2 is 1.84 bits per heavy atom. The van der Waals surface area contributed by atoms with Crippen molar-refractivity contribution in [3.05, 3.63) is 84.3 Å². The van der Waals surface area contributed by atoms with Crippen LogP contribution in [0.3, 0.4) is 0 Å². The molecule has 0 fully saturated rings. The molecule has 0 bridgehead atoms. The number of nitrogens with zero attached hydrogens (tertiary/aromatic N) is 3. The van der Waals surface area contributed by atoms with Gasteiger partial charge in [-0.3, -0.25) is 9.69 Å². The summed E-state index contributed by atoms with van der Waals surface area (Å²) in [6.45, 7) is 3.34. The van der Waals surface area contributed by atoms with Gasteiger partial charge in [-0.2, -0.15) is 0 Å². The Bertz CT molecular complexity index is 1100. The van der Waals surface area contributed by atoms with Crippen molar-refractivity contribution >= 4 is 23.6 Å². The van der Waals surface area contributed by atoms with Crippen LogP contribution in [0, 0.1) is 0 Å². The Labute approximate surface area is 180 Å². The summed E-state index contributed by atoms with van der Waals surface area (Å²) in [4.78, 5) is 19.3. The van der Waals surface area contributed by atoms with E-state index in [-0.39, 0.29) is 11.7 Å². The number of aliphatic imine (C=N–C) groups is 1. The van der Waals surface area contributed by atoms with Crippen molar-refractivity contribution in [3.63, 3.8) is 0 Å². The molecular formula is C24H24N4O3. The molecule has 1 aliphatic rings. The van der Waals surface area contributed by atoms with Crippen molar-refractivity contribution in [2.75, 3.05) is 25.1 Å². The molecule has 3 aromatic rings. The third-order valence-corrected chi connectivity index (χ3v) is 4.83. The van der Waals surface area contributed by atoms with Crippen LogP contribution in [-0.4, -0.2) is 46.2 Å². The molecule has 2 N–H and O–H groups in total. The van der Waals surface area contributed by atoms with Gasteiger partial charge in [0.2, 0.25) is 5.96 Å². The number of para-hydroxylation sites is 1. The molecule has 7 heteroatoms. The van der Waals surface area contributed by atoms with E-state index in [2.05, 4.69) is 10.3 Å². The lowest BCUT2D eigenvalue weighted by Crippen LogP contribution is -2.38. The number of carbonyl (C=O) groups is 1. The van der Waals surface area contributed by atoms with Crippen molar-refractivity contribution in [1.29, 1.82) is 0 Å². The van der Waals surface area contributed by atoms with Crippen molar-refractivity contribution < 1.29 is 14.6 Å². The van der Waals surface area contributed by atoms with Gasteiger partial charge in [-0.15, -0.1) is 0 Å². The van der Waals surface area contributed by atoms with Gasteiger partial charge in [-0.1, -0.05) is 18.2 Å². The minimum Gasteiger partial charge on any atom is -0.508 e. The van der Waals surface area contributed by atoms with Crippen LogP contribution < -0.4 is 5.32 Å². The highest BCUT2D eigenvalue weighted by Crippen LogP contribution is 2.22. The number of benzene rings is 2. The summed E-state index contributed by atoms with van der Waals surface area (Å²) in [5.74, 6) is 0.495. The van der Waals surface area contributed by atoms with E-state index in [1.165, 1.54) is 0 Å². The van der Waals surface area contributed by atoms with Crippen LogP contribution in [-0.2, 0) is 9.53 Å². The lowest BCUT2D eigenvalue weighted by Gasteiger charge is -2.19. The SMILES string of the molecule is CCOCCN1C(=O)C(=Cc2cccn2-c2ccc(O)cc2)N=C1Nc1ccccc1. The summed E-state index contributed by atoms with van der Waals surface area (Å²) in [6, 6.07) is 20.3. The Hall–Kier alpha value is -3.84. The highest BCUT2D eigenvalue weighted by atomic mass is 16.5. The number of aromatic hydroxyl groups is 1. The minimum absolute atomic E-state index is 0.184. The molecule has 1 amide bonds. The number of hydrogen-bond donors (Lipinski definition) is 2. The zero-order chi connectivity index (χ0) is 21.6. The number of hydrogen-bond acceptors (Lipinski definition) is 5. The van der Waals surface area contributed by atoms with E-state index in [0.29, 0.717) is 31.4 Å². The third-order valence-electron chi connectivity index (χ3n) is 4.83. The summed E-state index contributed by atoms with van der Waals surface area (Å²) in [6.07, 6.45) is 3.67. The molecule has 158 valence electrons. The third kappa shape index (κ3) is 4.67. The fourth-order valence-corrected chi connectivity index (χ4v) is 3.30. The van der Waals surface area contributed by atoms with Gasteiger partial charge >= 0.3 is 0 Å². The number of carbonyl (C=O) groups excluding carboxylic acids is 1. The predicted molar refractivity (Wildman–Crippen MR) is 121 cm³/mol. The Morgan fingerprint density at radius 1 is 1.06 bits per heavy atom. The van der Waals surface area contributed by atoms with Crippen molar-refractivity contribution in [1.82, 2.24) is 9.47 Å². The second-order valence-electron chi connectivity index (χ2n) is 6.93. The maximum Gasteiger partial charge on any atom is 0.279 e. The molecule has 7 nitrogen and oxygen atoms in total. The molecule has 0 atom stereocenters. The van der Waals surface area contributed by atoms with Gasteiger partial charge in [0, 0.05) is 29.9 Å². The van der Waals surface area contributed by atoms with Crippen molar-refractivity contribution in [2.45, 2.75) is 6.92 Å². The minimum atomic E-state index is -0.184. The van der Waals surface area contributed by atoms with Crippen LogP contribution >= 0.6 is 0 Å². The normalized spacial score (nSPS) is 14.9. The summed E-state index contributed by atoms with van der Waals surface area (Å²) in [7, 11) is 0. The van der Waals surface area contributed by atoms with E-state index in [1.807, 2.05) is 72.3 Å². The Balaban J connectivity index is 1.64. The van der Waals surface area contributed by atoms with E-state index in [0.717, 1.165) is 17.1 Å². The summed E-state index contributed by atoms with van der Waals surface area (Å²) < 4.78 is 7.38. The number of nitrogens with one attached hydrogen (secondary N) is 1. The zero-order valence-electron chi connectivity index (χ0n) is 17.2. The van der Waals surface area contributed by atoms with Gasteiger partial charge in [-0.25, -0.2) is 4.99 Å². The van der Waals surface area contributed by atoms with E-state index in [1.54, 1.807) is 23.1 Å². The molecule has 1 aliphatic heterocycles. The first-order valence-corrected chi connectivity index (χ1v) is 10.1. The number of rotatable bonds is 7. The number of guanidine groups is 1. The summed E-state index contributed by atoms with van der Waals surface area (Å²) in [5, 5.41) is 12.8. The number of aromatic nitrogens is 1. The zero-order valence-corrected chi connectivity index (χ0v) is 17.2. The van der Waals surface area contributed by atoms with Crippen LogP contribution in [0.25, 0.3) is 11.8 Å². The molecule has 0 saturated heterocycles. The lowest BCUT2D eigenvalue weighted by atomic mass is 10.2. The van der Waals surface area contributed by atoms with E-state index in [9.17, 15) is 9.90 Å². The monoisotopic (exact) mass is 416 g/mol. The Morgan fingerprint density at radius 3 is 2.58 bits per heavy atom. The van der Waals surface area contributed by atoms with Crippen LogP contribution in [0.2, 0.25) is 0 Å². The average Bonchev–Trinajstić information content (AvgIpc) is 3.35. The smallest absolute Gasteiger partial charge is 0.279 e. The number of phenols is 1. The Kier molecular flexibility index (Phi) is 6.14. The van der Waals surface area contributed by atoms with E-state index < -0.39 is 0 Å². The second-order valence-corrected chi connectivity index (χ2v) is 6.93. The van der Waals surface area contributed by atoms with Gasteiger partial charge in [0.15, 0.2) is 0 Å². The fourth-order valence-electron chi connectivity index (χ4n) is 3.30. The highest BCUT2D eigenvalue weighted by molar-refractivity contribution is 6.17. The summed E-state index contributed by atoms with van der Waals surface area (Å²) >= 11 is 0. The first kappa shape index (κ1) is 20.4. The fraction of sp³-hybridized carbons (Fsp3) is 0.167. The quantitative estimate of drug-likeness (QED) is 0.453. The molecular weight excluding hydrogens is 392 g/mol. The largest absolute Gasteiger partial charge is 0.508 e. The molecule has 0 saturated carbocycles. The molecule has 2 heterocycles. The predicted octanol–water partition coefficient (Wildman–Crippen LogP) is 3.87. The average molecular weight is 416 g/mol. The van der Waals surface area contributed by atoms with Crippen LogP contribution in [0.15, 0.2) is 83.6 Å². The standard InChI is InChI=1S/C24H24N4O3/c1-2-31-16-15-28-23(30)22(26-24(28)25-18-7-4-3-5-8-18)17-20-9-6-14-27(20)19-10-12-21(29)13-11-19/h3-14,17,29H,2,15-16H2,1H3,(H,25,26). The molecule has 0 unspecified atom stereocenters. The number of amides is 1. The topological polar surface area (TPSA) is 79.1 Å². The first-order chi connectivity index (χ1) is 15.2. The van der Waals surface area contributed by atoms with E-state index in [4.69, 9.17) is 4.74 Å². The molecule has 4 rings (SSSR count). The number of ether oxygens (including phenoxy) is 1. The molecule has 2 aromatic carbocycles. The lowest BCUT2D eigenvalue weighted by molar-refractivity contribution is -0.123. The highest BCUT2D eigenvalue weighted by Gasteiger charge is 2.30. The molecule has 31 heavy (non-hydrogen) atoms. The van der Waals surface area contributed by atoms with Gasteiger partial charge in [0.05, 0.1) is 13.2 Å². The first-order valence-electron chi connectivity index (χ1n) is 10.1. The van der Waals surface area contributed by atoms with Gasteiger partial charge in [-0.05, 0) is 61.5 Å². The maximum absolute atomic E-state index is 13.1. The maximum atomic E-state index is 13.1. The van der Waals surface area contributed by atoms with Crippen LogP contribution in [0.5, 0.6) is 5.75 Å². The second kappa shape index (κ2) is 9.32. The van der Waals surface area contributed by atoms with Gasteiger partial charge in [0.25, 0.3) is 5.91 Å². The van der Waals surface area contributed by atoms with Gasteiger partial charge < -0.3 is 19.7 Å². The van der Waals surface area contributed by atoms with Crippen molar-refractivity contribution in [3.8, 4) is 11.4 Å². The molecule has 0 aliphatic carbocycles. The molecule has 0 spiro atoms. The van der Waals surface area contributed by atoms with Gasteiger partial charge in [0.1, 0.15) is 11.4 Å². The van der Waals surface area contributed by atoms with E-state index >= 15 is 0 Å². The summed E-state index contributed by atoms with van der Waals surface area (Å²) in [5.41, 5.74) is 2.88. The van der Waals surface area contributed by atoms with Crippen molar-refractivity contribution in [2.24, 2.45) is 4.99 Å². The van der Waals surface area contributed by atoms with Crippen LogP contribution in [0.4, 0.5) is 5.69 Å².